The van der Waals surface area contributed by atoms with Crippen LogP contribution in [0.4, 0.5) is 11.4 Å². The Kier molecular flexibility index (Phi) is 6.83. The van der Waals surface area contributed by atoms with Gasteiger partial charge in [0.15, 0.2) is 23.0 Å². The zero-order valence-corrected chi connectivity index (χ0v) is 19.5. The first-order valence-corrected chi connectivity index (χ1v) is 10.5. The molecule has 3 N–H and O–H groups in total. The minimum absolute atomic E-state index is 0.0258. The Morgan fingerprint density at radius 2 is 1.26 bits per heavy atom. The molecule has 2 saturated heterocycles. The summed E-state index contributed by atoms with van der Waals surface area (Å²) in [6, 6.07) is 5.47. The van der Waals surface area contributed by atoms with Gasteiger partial charge in [0.1, 0.15) is 11.7 Å². The molecular weight excluding hydrogens is 468 g/mol. The summed E-state index contributed by atoms with van der Waals surface area (Å²) in [5.41, 5.74) is -1.64. The molecule has 2 heterocycles. The zero-order valence-electron chi connectivity index (χ0n) is 19.5. The molecule has 2 aromatic carbocycles. The van der Waals surface area contributed by atoms with Crippen molar-refractivity contribution in [2.24, 2.45) is 5.92 Å². The molecule has 4 unspecified atom stereocenters. The van der Waals surface area contributed by atoms with Crippen molar-refractivity contribution >= 4 is 11.4 Å². The maximum Gasteiger partial charge on any atom is 0.162 e. The molecule has 2 fully saturated rings. The van der Waals surface area contributed by atoms with E-state index in [1.54, 1.807) is 0 Å². The van der Waals surface area contributed by atoms with E-state index in [1.807, 2.05) is 0 Å². The molecule has 4 rings (SSSR count). The van der Waals surface area contributed by atoms with Crippen LogP contribution in [0.3, 0.4) is 0 Å². The van der Waals surface area contributed by atoms with Crippen LogP contribution in [0.15, 0.2) is 24.3 Å². The maximum atomic E-state index is 11.9. The van der Waals surface area contributed by atoms with E-state index in [9.17, 15) is 25.9 Å². The number of anilines is 2. The van der Waals surface area contributed by atoms with Crippen LogP contribution in [-0.4, -0.2) is 62.8 Å². The van der Waals surface area contributed by atoms with Crippen LogP contribution in [-0.2, 0) is 9.47 Å². The quantitative estimate of drug-likeness (QED) is 0.457. The molecule has 13 heteroatoms. The number of benzene rings is 2. The van der Waals surface area contributed by atoms with E-state index >= 15 is 0 Å². The second-order valence-electron chi connectivity index (χ2n) is 8.12. The number of ether oxygens (including phenoxy) is 6. The van der Waals surface area contributed by atoms with Gasteiger partial charge in [-0.05, 0) is 12.1 Å². The molecule has 0 saturated carbocycles. The van der Waals surface area contributed by atoms with Crippen molar-refractivity contribution in [1.82, 2.24) is 0 Å². The molecule has 2 aromatic rings. The number of aliphatic hydroxyl groups is 1. The van der Waals surface area contributed by atoms with E-state index in [2.05, 4.69) is 0 Å². The van der Waals surface area contributed by atoms with E-state index < -0.39 is 23.7 Å². The average Bonchev–Trinajstić information content (AvgIpc) is 3.36. The van der Waals surface area contributed by atoms with Crippen LogP contribution < -0.4 is 29.4 Å². The van der Waals surface area contributed by atoms with Crippen molar-refractivity contribution in [3.8, 4) is 23.0 Å². The number of methoxy groups -OCH3 is 4. The van der Waals surface area contributed by atoms with Gasteiger partial charge < -0.3 is 54.4 Å². The molecule has 13 nitrogen and oxygen atoms in total. The van der Waals surface area contributed by atoms with Crippen molar-refractivity contribution < 1.29 is 43.9 Å². The molecular formula is C22H26N2O11-2. The molecule has 0 radical (unpaired) electrons. The van der Waals surface area contributed by atoms with Crippen LogP contribution in [0.2, 0.25) is 0 Å². The van der Waals surface area contributed by atoms with Crippen molar-refractivity contribution in [3.63, 3.8) is 0 Å². The highest BCUT2D eigenvalue weighted by Gasteiger charge is 2.60. The number of hydrogen-bond donors (Lipinski definition) is 3. The molecule has 2 aliphatic rings. The van der Waals surface area contributed by atoms with Gasteiger partial charge in [-0.2, -0.15) is 0 Å². The fourth-order valence-electron chi connectivity index (χ4n) is 4.76. The molecule has 35 heavy (non-hydrogen) atoms. The maximum absolute atomic E-state index is 11.9. The summed E-state index contributed by atoms with van der Waals surface area (Å²) in [6.45, 7) is -0.259. The Bertz CT molecular complexity index is 1080. The second-order valence-corrected chi connectivity index (χ2v) is 8.12. The molecule has 0 bridgehead atoms. The van der Waals surface area contributed by atoms with E-state index in [0.717, 1.165) is 0 Å². The summed E-state index contributed by atoms with van der Waals surface area (Å²) in [7, 11) is 5.58. The molecule has 0 aliphatic carbocycles. The van der Waals surface area contributed by atoms with E-state index in [0.29, 0.717) is 0 Å². The minimum atomic E-state index is -1.66. The number of rotatable bonds is 8. The standard InChI is InChI=1S/C22H26N2O11/c1-30-16-5-11(14(23(26)27)7-18(16)32-3)20-13-9-34-21(22(13,25)10-35-20)12-6-17(31-2)19(33-4)8-15(12)24(28)29/h5-8,13,20-21,25-26,28H,9-10H2,1-4H3/q-2. The fourth-order valence-corrected chi connectivity index (χ4v) is 4.76. The van der Waals surface area contributed by atoms with E-state index in [1.165, 1.54) is 52.7 Å². The van der Waals surface area contributed by atoms with Gasteiger partial charge in [0.25, 0.3) is 0 Å². The first-order valence-electron chi connectivity index (χ1n) is 10.5. The van der Waals surface area contributed by atoms with Gasteiger partial charge in [0, 0.05) is 29.2 Å². The fraction of sp³-hybridized carbons (Fsp3) is 0.455. The smallest absolute Gasteiger partial charge is 0.162 e. The summed E-state index contributed by atoms with van der Waals surface area (Å²) in [6.07, 6.45) is -1.98. The Morgan fingerprint density at radius 1 is 0.800 bits per heavy atom. The number of fused-ring (bicyclic) bond motifs is 1. The first-order chi connectivity index (χ1) is 16.7. The zero-order chi connectivity index (χ0) is 25.5. The van der Waals surface area contributed by atoms with Crippen molar-refractivity contribution in [1.29, 1.82) is 0 Å². The van der Waals surface area contributed by atoms with Gasteiger partial charge in [0.05, 0.1) is 59.1 Å². The summed E-state index contributed by atoms with van der Waals surface area (Å²) in [5.74, 6) is 0.222. The van der Waals surface area contributed by atoms with Crippen molar-refractivity contribution in [2.45, 2.75) is 17.8 Å². The Labute approximate surface area is 200 Å². The SMILES string of the molecule is COc1cc(C2OCC3(O)C(c4cc(OC)c(OC)cc4N([O-])O)OCC23)c(N([O-])O)cc1OC. The van der Waals surface area contributed by atoms with E-state index in [4.69, 9.17) is 28.4 Å². The molecule has 0 spiro atoms. The lowest BCUT2D eigenvalue weighted by Gasteiger charge is -2.33. The first kappa shape index (κ1) is 25.1. The van der Waals surface area contributed by atoms with Crippen molar-refractivity contribution in [3.05, 3.63) is 45.8 Å². The van der Waals surface area contributed by atoms with Crippen LogP contribution in [0.25, 0.3) is 0 Å². The summed E-state index contributed by atoms with van der Waals surface area (Å²) >= 11 is 0. The second kappa shape index (κ2) is 9.54. The van der Waals surface area contributed by atoms with Gasteiger partial charge in [0.2, 0.25) is 0 Å². The number of nitrogens with zero attached hydrogens (tertiary/aromatic N) is 2. The van der Waals surface area contributed by atoms with Crippen LogP contribution >= 0.6 is 0 Å². The summed E-state index contributed by atoms with van der Waals surface area (Å²) in [5, 5.41) is 54.3. The lowest BCUT2D eigenvalue weighted by atomic mass is 9.80. The average molecular weight is 494 g/mol. The van der Waals surface area contributed by atoms with Gasteiger partial charge >= 0.3 is 0 Å². The highest BCUT2D eigenvalue weighted by atomic mass is 16.8. The third kappa shape index (κ3) is 4.06. The summed E-state index contributed by atoms with van der Waals surface area (Å²) < 4.78 is 32.9. The monoisotopic (exact) mass is 494 g/mol. The topological polar surface area (TPSA) is 169 Å². The predicted molar refractivity (Wildman–Crippen MR) is 120 cm³/mol. The lowest BCUT2D eigenvalue weighted by molar-refractivity contribution is -0.0628. The van der Waals surface area contributed by atoms with Gasteiger partial charge in [-0.1, -0.05) is 0 Å². The molecule has 192 valence electrons. The lowest BCUT2D eigenvalue weighted by Crippen LogP contribution is -2.39. The predicted octanol–water partition coefficient (Wildman–Crippen LogP) is 2.30. The third-order valence-corrected chi connectivity index (χ3v) is 6.46. The highest BCUT2D eigenvalue weighted by Crippen LogP contribution is 2.56. The Hall–Kier alpha value is -3.04. The largest absolute Gasteiger partial charge is 0.733 e. The van der Waals surface area contributed by atoms with Crippen molar-refractivity contribution in [2.75, 3.05) is 52.1 Å². The highest BCUT2D eigenvalue weighted by molar-refractivity contribution is 5.64. The molecule has 0 amide bonds. The van der Waals surface area contributed by atoms with E-state index in [-0.39, 0.29) is 69.2 Å². The minimum Gasteiger partial charge on any atom is -0.733 e. The molecule has 2 aliphatic heterocycles. The molecule has 4 atom stereocenters. The number of hydrogen-bond acceptors (Lipinski definition) is 13. The van der Waals surface area contributed by atoms with Gasteiger partial charge in [-0.15, -0.1) is 0 Å². The van der Waals surface area contributed by atoms with Crippen LogP contribution in [0.1, 0.15) is 23.3 Å². The third-order valence-electron chi connectivity index (χ3n) is 6.46. The Balaban J connectivity index is 1.77. The van der Waals surface area contributed by atoms with Crippen LogP contribution in [0.5, 0.6) is 23.0 Å². The van der Waals surface area contributed by atoms with Gasteiger partial charge in [-0.25, -0.2) is 0 Å². The normalized spacial score (nSPS) is 25.2. The summed E-state index contributed by atoms with van der Waals surface area (Å²) in [4.78, 5) is 0. The van der Waals surface area contributed by atoms with Crippen LogP contribution in [0, 0.1) is 16.3 Å². The Morgan fingerprint density at radius 3 is 1.74 bits per heavy atom. The molecule has 0 aromatic heterocycles. The van der Waals surface area contributed by atoms with Gasteiger partial charge in [-0.3, -0.25) is 10.4 Å².